The minimum atomic E-state index is -1.01. The Morgan fingerprint density at radius 2 is 1.70 bits per heavy atom. The van der Waals surface area contributed by atoms with Crippen molar-refractivity contribution in [2.24, 2.45) is 0 Å². The molecule has 0 aliphatic rings. The fraction of sp³-hybridized carbons (Fsp3) is 0.111. The van der Waals surface area contributed by atoms with E-state index in [9.17, 15) is 9.90 Å². The van der Waals surface area contributed by atoms with E-state index in [2.05, 4.69) is 9.97 Å². The molecule has 5 heteroatoms. The van der Waals surface area contributed by atoms with Crippen LogP contribution in [0.2, 0.25) is 0 Å². The minimum Gasteiger partial charge on any atom is -0.465 e. The number of hydrogen-bond acceptors (Lipinski definition) is 2. The number of hydrogen-bond donors (Lipinski definition) is 2. The third-order valence-electron chi connectivity index (χ3n) is 3.70. The summed E-state index contributed by atoms with van der Waals surface area (Å²) in [5.74, 6) is 0.728. The van der Waals surface area contributed by atoms with Gasteiger partial charge in [-0.15, -0.1) is 0 Å². The average molecular weight is 307 g/mol. The van der Waals surface area contributed by atoms with Crippen LogP contribution in [0, 0.1) is 0 Å². The monoisotopic (exact) mass is 307 g/mol. The van der Waals surface area contributed by atoms with Crippen LogP contribution in [0.3, 0.4) is 0 Å². The molecule has 0 saturated carbocycles. The van der Waals surface area contributed by atoms with Gasteiger partial charge in [-0.3, -0.25) is 4.90 Å². The van der Waals surface area contributed by atoms with Gasteiger partial charge in [-0.2, -0.15) is 0 Å². The van der Waals surface area contributed by atoms with Crippen LogP contribution in [0.1, 0.15) is 18.7 Å². The molecule has 1 atom stereocenters. The number of rotatable bonds is 4. The number of amides is 1. The van der Waals surface area contributed by atoms with Gasteiger partial charge in [0.25, 0.3) is 0 Å². The van der Waals surface area contributed by atoms with Gasteiger partial charge >= 0.3 is 6.09 Å². The number of aromatic amines is 1. The second kappa shape index (κ2) is 6.36. The Kier molecular flexibility index (Phi) is 4.10. The van der Waals surface area contributed by atoms with Crippen LogP contribution in [0.5, 0.6) is 0 Å². The molecule has 0 aliphatic carbocycles. The average Bonchev–Trinajstić information content (AvgIpc) is 3.06. The summed E-state index contributed by atoms with van der Waals surface area (Å²) in [4.78, 5) is 20.7. The quantitative estimate of drug-likeness (QED) is 0.754. The molecule has 1 aromatic heterocycles. The van der Waals surface area contributed by atoms with Gasteiger partial charge in [0.2, 0.25) is 0 Å². The predicted octanol–water partition coefficient (Wildman–Crippen LogP) is 4.32. The molecule has 1 amide bonds. The molecule has 1 heterocycles. The van der Waals surface area contributed by atoms with Gasteiger partial charge in [0.05, 0.1) is 11.7 Å². The van der Waals surface area contributed by atoms with Crippen molar-refractivity contribution < 1.29 is 9.90 Å². The lowest BCUT2D eigenvalue weighted by Gasteiger charge is -2.25. The van der Waals surface area contributed by atoms with E-state index in [1.54, 1.807) is 18.3 Å². The second-order valence-corrected chi connectivity index (χ2v) is 5.20. The molecule has 3 rings (SSSR count). The fourth-order valence-corrected chi connectivity index (χ4v) is 2.51. The molecule has 0 saturated heterocycles. The van der Waals surface area contributed by atoms with Crippen molar-refractivity contribution in [3.05, 3.63) is 72.6 Å². The number of nitrogens with one attached hydrogen (secondary N) is 1. The molecule has 0 aliphatic heterocycles. The maximum atomic E-state index is 11.7. The summed E-state index contributed by atoms with van der Waals surface area (Å²) in [5.41, 5.74) is 2.26. The third kappa shape index (κ3) is 3.08. The first-order chi connectivity index (χ1) is 11.2. The zero-order chi connectivity index (χ0) is 16.2. The lowest BCUT2D eigenvalue weighted by atomic mass is 10.2. The Labute approximate surface area is 134 Å². The molecule has 1 unspecified atom stereocenters. The Hall–Kier alpha value is -3.08. The molecule has 0 fully saturated rings. The maximum absolute atomic E-state index is 11.7. The first kappa shape index (κ1) is 14.8. The molecule has 5 nitrogen and oxygen atoms in total. The third-order valence-corrected chi connectivity index (χ3v) is 3.70. The van der Waals surface area contributed by atoms with Crippen molar-refractivity contribution in [2.75, 3.05) is 4.90 Å². The van der Waals surface area contributed by atoms with E-state index in [1.807, 2.05) is 55.5 Å². The van der Waals surface area contributed by atoms with Crippen LogP contribution in [-0.2, 0) is 0 Å². The molecule has 23 heavy (non-hydrogen) atoms. The van der Waals surface area contributed by atoms with Crippen LogP contribution in [0.25, 0.3) is 11.4 Å². The normalized spacial score (nSPS) is 11.9. The van der Waals surface area contributed by atoms with Gasteiger partial charge in [-0.05, 0) is 19.1 Å². The first-order valence-electron chi connectivity index (χ1n) is 7.35. The van der Waals surface area contributed by atoms with E-state index < -0.39 is 12.1 Å². The molecular formula is C18H17N3O2. The Balaban J connectivity index is 1.91. The van der Waals surface area contributed by atoms with Gasteiger partial charge in [-0.1, -0.05) is 48.5 Å². The number of para-hydroxylation sites is 1. The summed E-state index contributed by atoms with van der Waals surface area (Å²) >= 11 is 0. The predicted molar refractivity (Wildman–Crippen MR) is 89.4 cm³/mol. The summed E-state index contributed by atoms with van der Waals surface area (Å²) in [6, 6.07) is 18.4. The molecule has 0 bridgehead atoms. The SMILES string of the molecule is CC(c1c[nH]c(-c2ccccc2)n1)N(C(=O)O)c1ccccc1. The Morgan fingerprint density at radius 3 is 2.30 bits per heavy atom. The molecule has 2 aromatic carbocycles. The number of H-pyrrole nitrogens is 1. The van der Waals surface area contributed by atoms with E-state index in [0.29, 0.717) is 11.4 Å². The van der Waals surface area contributed by atoms with E-state index in [-0.39, 0.29) is 0 Å². The van der Waals surface area contributed by atoms with E-state index in [1.165, 1.54) is 4.90 Å². The number of carboxylic acid groups (broad SMARTS) is 1. The molecule has 3 aromatic rings. The van der Waals surface area contributed by atoms with Crippen LogP contribution < -0.4 is 4.90 Å². The zero-order valence-corrected chi connectivity index (χ0v) is 12.7. The van der Waals surface area contributed by atoms with Crippen molar-refractivity contribution in [3.8, 4) is 11.4 Å². The van der Waals surface area contributed by atoms with Crippen molar-refractivity contribution >= 4 is 11.8 Å². The highest BCUT2D eigenvalue weighted by Crippen LogP contribution is 2.27. The van der Waals surface area contributed by atoms with E-state index in [4.69, 9.17) is 0 Å². The van der Waals surface area contributed by atoms with E-state index in [0.717, 1.165) is 11.4 Å². The van der Waals surface area contributed by atoms with Crippen LogP contribution in [0.15, 0.2) is 66.9 Å². The minimum absolute atomic E-state index is 0.399. The summed E-state index contributed by atoms with van der Waals surface area (Å²) in [6.45, 7) is 1.83. The van der Waals surface area contributed by atoms with Gasteiger partial charge in [-0.25, -0.2) is 9.78 Å². The topological polar surface area (TPSA) is 69.2 Å². The lowest BCUT2D eigenvalue weighted by molar-refractivity contribution is 0.199. The largest absolute Gasteiger partial charge is 0.465 e. The molecular weight excluding hydrogens is 290 g/mol. The van der Waals surface area contributed by atoms with E-state index >= 15 is 0 Å². The second-order valence-electron chi connectivity index (χ2n) is 5.20. The summed E-state index contributed by atoms with van der Waals surface area (Å²) in [5, 5.41) is 9.57. The smallest absolute Gasteiger partial charge is 0.412 e. The van der Waals surface area contributed by atoms with Crippen LogP contribution >= 0.6 is 0 Å². The van der Waals surface area contributed by atoms with Gasteiger partial charge in [0, 0.05) is 17.4 Å². The van der Waals surface area contributed by atoms with Crippen molar-refractivity contribution in [3.63, 3.8) is 0 Å². The Morgan fingerprint density at radius 1 is 1.09 bits per heavy atom. The number of anilines is 1. The number of aromatic nitrogens is 2. The molecule has 0 spiro atoms. The number of carbonyl (C=O) groups is 1. The van der Waals surface area contributed by atoms with Crippen molar-refractivity contribution in [2.45, 2.75) is 13.0 Å². The highest BCUT2D eigenvalue weighted by atomic mass is 16.4. The molecule has 116 valence electrons. The standard InChI is InChI=1S/C18H17N3O2/c1-13(21(18(22)23)15-10-6-3-7-11-15)16-12-19-17(20-16)14-8-4-2-5-9-14/h2-13H,1H3,(H,19,20)(H,22,23). The number of imidazole rings is 1. The van der Waals surface area contributed by atoms with Crippen LogP contribution in [0.4, 0.5) is 10.5 Å². The molecule has 0 radical (unpaired) electrons. The van der Waals surface area contributed by atoms with Crippen LogP contribution in [-0.4, -0.2) is 21.2 Å². The summed E-state index contributed by atoms with van der Waals surface area (Å²) in [6.07, 6.45) is 0.749. The number of nitrogens with zero attached hydrogens (tertiary/aromatic N) is 2. The zero-order valence-electron chi connectivity index (χ0n) is 12.7. The Bertz CT molecular complexity index is 784. The highest BCUT2D eigenvalue weighted by Gasteiger charge is 2.24. The molecule has 2 N–H and O–H groups in total. The van der Waals surface area contributed by atoms with Gasteiger partial charge in [0.15, 0.2) is 0 Å². The maximum Gasteiger partial charge on any atom is 0.412 e. The fourth-order valence-electron chi connectivity index (χ4n) is 2.51. The van der Waals surface area contributed by atoms with Gasteiger partial charge < -0.3 is 10.1 Å². The summed E-state index contributed by atoms with van der Waals surface area (Å²) in [7, 11) is 0. The van der Waals surface area contributed by atoms with Crippen molar-refractivity contribution in [1.29, 1.82) is 0 Å². The first-order valence-corrected chi connectivity index (χ1v) is 7.35. The number of benzene rings is 2. The van der Waals surface area contributed by atoms with Crippen molar-refractivity contribution in [1.82, 2.24) is 9.97 Å². The lowest BCUT2D eigenvalue weighted by Crippen LogP contribution is -2.32. The van der Waals surface area contributed by atoms with Gasteiger partial charge in [0.1, 0.15) is 5.82 Å². The highest BCUT2D eigenvalue weighted by molar-refractivity contribution is 5.86. The summed E-state index contributed by atoms with van der Waals surface area (Å²) < 4.78 is 0.